The molecule has 5 heteroatoms. The SMILES string of the molecule is CC(C)c1nc(Oc2cccnc2Br)cc(C(C)(C)C)n1. The molecule has 0 radical (unpaired) electrons. The molecule has 0 aliphatic rings. The molecule has 0 unspecified atom stereocenters. The molecule has 112 valence electrons. The summed E-state index contributed by atoms with van der Waals surface area (Å²) in [6, 6.07) is 5.58. The molecule has 2 rings (SSSR count). The molecular formula is C16H20BrN3O. The minimum Gasteiger partial charge on any atom is -0.436 e. The molecule has 2 heterocycles. The lowest BCUT2D eigenvalue weighted by Gasteiger charge is -2.20. The van der Waals surface area contributed by atoms with Gasteiger partial charge in [0, 0.05) is 23.6 Å². The van der Waals surface area contributed by atoms with Crippen LogP contribution >= 0.6 is 15.9 Å². The van der Waals surface area contributed by atoms with Crippen LogP contribution in [-0.4, -0.2) is 15.0 Å². The first-order chi connectivity index (χ1) is 9.77. The van der Waals surface area contributed by atoms with Gasteiger partial charge in [-0.05, 0) is 28.1 Å². The van der Waals surface area contributed by atoms with Gasteiger partial charge in [0.2, 0.25) is 5.88 Å². The summed E-state index contributed by atoms with van der Waals surface area (Å²) in [5, 5.41) is 0. The van der Waals surface area contributed by atoms with E-state index in [-0.39, 0.29) is 11.3 Å². The van der Waals surface area contributed by atoms with Gasteiger partial charge in [0.05, 0.1) is 5.69 Å². The third kappa shape index (κ3) is 4.00. The Morgan fingerprint density at radius 1 is 1.19 bits per heavy atom. The fourth-order valence-electron chi connectivity index (χ4n) is 1.70. The molecule has 21 heavy (non-hydrogen) atoms. The molecule has 0 aromatic carbocycles. The van der Waals surface area contributed by atoms with Crippen molar-refractivity contribution in [2.75, 3.05) is 0 Å². The Hall–Kier alpha value is -1.49. The highest BCUT2D eigenvalue weighted by atomic mass is 79.9. The van der Waals surface area contributed by atoms with Crippen LogP contribution in [0.15, 0.2) is 29.0 Å². The van der Waals surface area contributed by atoms with Gasteiger partial charge in [-0.15, -0.1) is 0 Å². The van der Waals surface area contributed by atoms with Gasteiger partial charge in [-0.25, -0.2) is 9.97 Å². The van der Waals surface area contributed by atoms with Gasteiger partial charge < -0.3 is 4.74 Å². The van der Waals surface area contributed by atoms with Gasteiger partial charge in [-0.2, -0.15) is 4.98 Å². The van der Waals surface area contributed by atoms with Crippen molar-refractivity contribution in [3.05, 3.63) is 40.5 Å². The van der Waals surface area contributed by atoms with Gasteiger partial charge in [0.25, 0.3) is 0 Å². The average molecular weight is 350 g/mol. The maximum atomic E-state index is 5.88. The fourth-order valence-corrected chi connectivity index (χ4v) is 2.03. The first-order valence-electron chi connectivity index (χ1n) is 6.95. The Morgan fingerprint density at radius 3 is 2.48 bits per heavy atom. The predicted octanol–water partition coefficient (Wildman–Crippen LogP) is 4.85. The first-order valence-corrected chi connectivity index (χ1v) is 7.74. The summed E-state index contributed by atoms with van der Waals surface area (Å²) in [6.45, 7) is 10.5. The van der Waals surface area contributed by atoms with E-state index >= 15 is 0 Å². The summed E-state index contributed by atoms with van der Waals surface area (Å²) in [5.74, 6) is 2.22. The Labute approximate surface area is 134 Å². The van der Waals surface area contributed by atoms with Crippen LogP contribution < -0.4 is 4.74 Å². The van der Waals surface area contributed by atoms with Crippen molar-refractivity contribution < 1.29 is 4.74 Å². The van der Waals surface area contributed by atoms with Crippen LogP contribution in [-0.2, 0) is 5.41 Å². The zero-order chi connectivity index (χ0) is 15.6. The number of hydrogen-bond acceptors (Lipinski definition) is 4. The molecule has 0 atom stereocenters. The molecule has 4 nitrogen and oxygen atoms in total. The van der Waals surface area contributed by atoms with Crippen molar-refractivity contribution in [3.8, 4) is 11.6 Å². The van der Waals surface area contributed by atoms with Crippen LogP contribution in [0.3, 0.4) is 0 Å². The fraction of sp³-hybridized carbons (Fsp3) is 0.438. The summed E-state index contributed by atoms with van der Waals surface area (Å²) in [6.07, 6.45) is 1.71. The van der Waals surface area contributed by atoms with Crippen molar-refractivity contribution in [2.24, 2.45) is 0 Å². The van der Waals surface area contributed by atoms with Gasteiger partial charge in [0.1, 0.15) is 10.4 Å². The summed E-state index contributed by atoms with van der Waals surface area (Å²) in [4.78, 5) is 13.3. The van der Waals surface area contributed by atoms with Crippen LogP contribution in [0, 0.1) is 0 Å². The van der Waals surface area contributed by atoms with E-state index in [0.29, 0.717) is 16.2 Å². The number of aromatic nitrogens is 3. The van der Waals surface area contributed by atoms with E-state index in [9.17, 15) is 0 Å². The lowest BCUT2D eigenvalue weighted by molar-refractivity contribution is 0.444. The first kappa shape index (κ1) is 15.9. The molecule has 0 saturated carbocycles. The van der Waals surface area contributed by atoms with Gasteiger partial charge in [0.15, 0.2) is 5.75 Å². The molecule has 0 aliphatic heterocycles. The summed E-state index contributed by atoms with van der Waals surface area (Å²) in [7, 11) is 0. The number of hydrogen-bond donors (Lipinski definition) is 0. The molecule has 0 fully saturated rings. The standard InChI is InChI=1S/C16H20BrN3O/c1-10(2)15-19-12(16(3,4)5)9-13(20-15)21-11-7-6-8-18-14(11)17/h6-10H,1-5H3. The largest absolute Gasteiger partial charge is 0.436 e. The van der Waals surface area contributed by atoms with Crippen LogP contribution in [0.5, 0.6) is 11.6 Å². The molecule has 0 aliphatic carbocycles. The average Bonchev–Trinajstić information content (AvgIpc) is 2.40. The molecule has 2 aromatic heterocycles. The highest BCUT2D eigenvalue weighted by Gasteiger charge is 2.20. The molecule has 0 spiro atoms. The van der Waals surface area contributed by atoms with E-state index in [0.717, 1.165) is 11.5 Å². The quantitative estimate of drug-likeness (QED) is 0.743. The van der Waals surface area contributed by atoms with Crippen molar-refractivity contribution in [1.29, 1.82) is 0 Å². The number of pyridine rings is 1. The second-order valence-electron chi connectivity index (χ2n) is 6.25. The number of halogens is 1. The Balaban J connectivity index is 2.44. The van der Waals surface area contributed by atoms with Crippen LogP contribution in [0.25, 0.3) is 0 Å². The van der Waals surface area contributed by atoms with E-state index < -0.39 is 0 Å². The van der Waals surface area contributed by atoms with Crippen molar-refractivity contribution in [3.63, 3.8) is 0 Å². The van der Waals surface area contributed by atoms with E-state index in [1.54, 1.807) is 6.20 Å². The highest BCUT2D eigenvalue weighted by Crippen LogP contribution is 2.30. The maximum absolute atomic E-state index is 5.88. The number of rotatable bonds is 3. The van der Waals surface area contributed by atoms with Crippen LogP contribution in [0.2, 0.25) is 0 Å². The highest BCUT2D eigenvalue weighted by molar-refractivity contribution is 9.10. The smallest absolute Gasteiger partial charge is 0.222 e. The van der Waals surface area contributed by atoms with E-state index in [4.69, 9.17) is 4.74 Å². The predicted molar refractivity (Wildman–Crippen MR) is 86.8 cm³/mol. The minimum atomic E-state index is -0.0587. The van der Waals surface area contributed by atoms with Crippen molar-refractivity contribution in [1.82, 2.24) is 15.0 Å². The third-order valence-electron chi connectivity index (χ3n) is 2.94. The molecule has 2 aromatic rings. The Morgan fingerprint density at radius 2 is 1.90 bits per heavy atom. The van der Waals surface area contributed by atoms with Crippen LogP contribution in [0.1, 0.15) is 52.1 Å². The van der Waals surface area contributed by atoms with E-state index in [1.165, 1.54) is 0 Å². The third-order valence-corrected chi connectivity index (χ3v) is 3.54. The second kappa shape index (κ2) is 6.10. The lowest BCUT2D eigenvalue weighted by atomic mass is 9.92. The van der Waals surface area contributed by atoms with Gasteiger partial charge in [-0.3, -0.25) is 0 Å². The second-order valence-corrected chi connectivity index (χ2v) is 7.00. The topological polar surface area (TPSA) is 47.9 Å². The molecule has 0 bridgehead atoms. The summed E-state index contributed by atoms with van der Waals surface area (Å²) >= 11 is 3.38. The molecule has 0 saturated heterocycles. The van der Waals surface area contributed by atoms with Gasteiger partial charge in [-0.1, -0.05) is 34.6 Å². The maximum Gasteiger partial charge on any atom is 0.222 e. The van der Waals surface area contributed by atoms with Gasteiger partial charge >= 0.3 is 0 Å². The monoisotopic (exact) mass is 349 g/mol. The number of nitrogens with zero attached hydrogens (tertiary/aromatic N) is 3. The Kier molecular flexibility index (Phi) is 4.61. The normalized spacial score (nSPS) is 11.8. The summed E-state index contributed by atoms with van der Waals surface area (Å²) < 4.78 is 6.53. The summed E-state index contributed by atoms with van der Waals surface area (Å²) in [5.41, 5.74) is 0.910. The Bertz CT molecular complexity index is 636. The van der Waals surface area contributed by atoms with Crippen molar-refractivity contribution in [2.45, 2.75) is 46.0 Å². The van der Waals surface area contributed by atoms with Crippen LogP contribution in [0.4, 0.5) is 0 Å². The van der Waals surface area contributed by atoms with Crippen molar-refractivity contribution >= 4 is 15.9 Å². The minimum absolute atomic E-state index is 0.0587. The lowest BCUT2D eigenvalue weighted by Crippen LogP contribution is -2.16. The molecule has 0 N–H and O–H groups in total. The zero-order valence-electron chi connectivity index (χ0n) is 13.0. The molecule has 0 amide bonds. The van der Waals surface area contributed by atoms with E-state index in [1.807, 2.05) is 18.2 Å². The number of ether oxygens (including phenoxy) is 1. The zero-order valence-corrected chi connectivity index (χ0v) is 14.6. The van der Waals surface area contributed by atoms with E-state index in [2.05, 4.69) is 65.5 Å². The molecular weight excluding hydrogens is 330 g/mol.